The maximum absolute atomic E-state index is 8.07. The molecule has 0 aliphatic carbocycles. The first-order chi connectivity index (χ1) is 6.24. The molecule has 0 N–H and O–H groups in total. The molecule has 0 fully saturated rings. The summed E-state index contributed by atoms with van der Waals surface area (Å²) >= 11 is 9.17. The Bertz CT molecular complexity index is 347. The van der Waals surface area contributed by atoms with Crippen molar-refractivity contribution in [3.8, 4) is 0 Å². The molecule has 0 aliphatic heterocycles. The highest BCUT2D eigenvalue weighted by molar-refractivity contribution is 9.10. The van der Waals surface area contributed by atoms with Gasteiger partial charge in [-0.1, -0.05) is 22.8 Å². The van der Waals surface area contributed by atoms with E-state index in [0.717, 1.165) is 16.5 Å². The Balaban J connectivity index is 2.68. The monoisotopic (exact) mass is 259 g/mol. The van der Waals surface area contributed by atoms with Crippen LogP contribution < -0.4 is 0 Å². The van der Waals surface area contributed by atoms with E-state index in [1.165, 1.54) is 0 Å². The van der Waals surface area contributed by atoms with Crippen molar-refractivity contribution in [1.29, 1.82) is 0 Å². The summed E-state index contributed by atoms with van der Waals surface area (Å²) in [5.41, 5.74) is 9.14. The van der Waals surface area contributed by atoms with Crippen molar-refractivity contribution >= 4 is 27.5 Å². The first-order valence-corrected chi connectivity index (χ1v) is 4.86. The Morgan fingerprint density at radius 2 is 2.31 bits per heavy atom. The zero-order chi connectivity index (χ0) is 9.68. The smallest absolute Gasteiger partial charge is 0.0550 e. The van der Waals surface area contributed by atoms with Crippen LogP contribution in [-0.2, 0) is 6.42 Å². The summed E-state index contributed by atoms with van der Waals surface area (Å²) in [5.74, 6) is 0. The minimum atomic E-state index is 0.467. The third-order valence-corrected chi connectivity index (χ3v) is 2.78. The first-order valence-electron chi connectivity index (χ1n) is 3.69. The molecular weight excluding hydrogens is 253 g/mol. The molecule has 0 aliphatic rings. The summed E-state index contributed by atoms with van der Waals surface area (Å²) < 4.78 is 0.877. The highest BCUT2D eigenvalue weighted by atomic mass is 79.9. The van der Waals surface area contributed by atoms with Crippen LogP contribution in [0, 0.1) is 0 Å². The fraction of sp³-hybridized carbons (Fsp3) is 0.250. The number of rotatable bonds is 3. The molecule has 1 rings (SSSR count). The topological polar surface area (TPSA) is 48.8 Å². The molecule has 0 radical (unpaired) electrons. The van der Waals surface area contributed by atoms with Crippen molar-refractivity contribution in [3.05, 3.63) is 43.7 Å². The molecule has 5 heteroatoms. The lowest BCUT2D eigenvalue weighted by Crippen LogP contribution is -1.88. The Morgan fingerprint density at radius 1 is 1.54 bits per heavy atom. The lowest BCUT2D eigenvalue weighted by Gasteiger charge is -2.00. The van der Waals surface area contributed by atoms with Crippen molar-refractivity contribution < 1.29 is 0 Å². The van der Waals surface area contributed by atoms with Gasteiger partial charge in [-0.2, -0.15) is 0 Å². The Hall–Kier alpha value is -0.700. The molecule has 0 saturated heterocycles. The SMILES string of the molecule is [N-]=[N+]=NCCc1ccc(Br)c(Cl)c1. The van der Waals surface area contributed by atoms with Gasteiger partial charge in [0, 0.05) is 15.9 Å². The van der Waals surface area contributed by atoms with E-state index in [1.807, 2.05) is 18.2 Å². The van der Waals surface area contributed by atoms with Crippen molar-refractivity contribution in [2.75, 3.05) is 6.54 Å². The highest BCUT2D eigenvalue weighted by Crippen LogP contribution is 2.23. The molecule has 13 heavy (non-hydrogen) atoms. The van der Waals surface area contributed by atoms with Crippen LogP contribution in [0.4, 0.5) is 0 Å². The fourth-order valence-corrected chi connectivity index (χ4v) is 1.37. The van der Waals surface area contributed by atoms with Gasteiger partial charge in [-0.15, -0.1) is 0 Å². The average molecular weight is 261 g/mol. The number of azide groups is 1. The standard InChI is InChI=1S/C8H7BrClN3/c9-7-2-1-6(5-8(7)10)3-4-12-13-11/h1-2,5H,3-4H2. The lowest BCUT2D eigenvalue weighted by molar-refractivity contribution is 0.956. The van der Waals surface area contributed by atoms with Crippen LogP contribution in [0.1, 0.15) is 5.56 Å². The molecule has 0 saturated carbocycles. The van der Waals surface area contributed by atoms with E-state index in [2.05, 4.69) is 26.0 Å². The molecule has 68 valence electrons. The first kappa shape index (κ1) is 10.4. The molecule has 0 heterocycles. The number of benzene rings is 1. The number of nitrogens with zero attached hydrogens (tertiary/aromatic N) is 3. The third-order valence-electron chi connectivity index (χ3n) is 1.55. The van der Waals surface area contributed by atoms with Gasteiger partial charge in [0.2, 0.25) is 0 Å². The summed E-state index contributed by atoms with van der Waals surface area (Å²) in [7, 11) is 0. The molecule has 0 aromatic heterocycles. The van der Waals surface area contributed by atoms with E-state index in [4.69, 9.17) is 17.1 Å². The van der Waals surface area contributed by atoms with E-state index in [-0.39, 0.29) is 0 Å². The molecular formula is C8H7BrClN3. The molecule has 0 spiro atoms. The molecule has 1 aromatic carbocycles. The van der Waals surface area contributed by atoms with Crippen molar-refractivity contribution in [2.45, 2.75) is 6.42 Å². The number of hydrogen-bond donors (Lipinski definition) is 0. The summed E-state index contributed by atoms with van der Waals surface area (Å²) in [5, 5.41) is 4.12. The summed E-state index contributed by atoms with van der Waals surface area (Å²) in [6.07, 6.45) is 0.719. The summed E-state index contributed by atoms with van der Waals surface area (Å²) in [6, 6.07) is 5.69. The van der Waals surface area contributed by atoms with Crippen LogP contribution in [-0.4, -0.2) is 6.54 Å². The average Bonchev–Trinajstić information content (AvgIpc) is 2.12. The van der Waals surface area contributed by atoms with Crippen LogP contribution >= 0.6 is 27.5 Å². The Labute approximate surface area is 89.5 Å². The van der Waals surface area contributed by atoms with Crippen molar-refractivity contribution in [1.82, 2.24) is 0 Å². The van der Waals surface area contributed by atoms with Gasteiger partial charge in [0.05, 0.1) is 5.02 Å². The van der Waals surface area contributed by atoms with Crippen LogP contribution in [0.2, 0.25) is 5.02 Å². The maximum atomic E-state index is 8.07. The zero-order valence-electron chi connectivity index (χ0n) is 6.74. The number of halogens is 2. The minimum absolute atomic E-state index is 0.467. The van der Waals surface area contributed by atoms with E-state index in [9.17, 15) is 0 Å². The van der Waals surface area contributed by atoms with E-state index < -0.39 is 0 Å². The predicted molar refractivity (Wildman–Crippen MR) is 56.9 cm³/mol. The van der Waals surface area contributed by atoms with Crippen LogP contribution in [0.5, 0.6) is 0 Å². The minimum Gasteiger partial charge on any atom is -0.0936 e. The van der Waals surface area contributed by atoms with Gasteiger partial charge in [-0.05, 0) is 45.6 Å². The molecule has 3 nitrogen and oxygen atoms in total. The molecule has 0 unspecified atom stereocenters. The quantitative estimate of drug-likeness (QED) is 0.449. The molecule has 0 bridgehead atoms. The third kappa shape index (κ3) is 3.27. The van der Waals surface area contributed by atoms with Crippen molar-refractivity contribution in [2.24, 2.45) is 5.11 Å². The lowest BCUT2D eigenvalue weighted by atomic mass is 10.1. The van der Waals surface area contributed by atoms with Gasteiger partial charge < -0.3 is 0 Å². The van der Waals surface area contributed by atoms with Gasteiger partial charge in [-0.25, -0.2) is 0 Å². The molecule has 0 amide bonds. The highest BCUT2D eigenvalue weighted by Gasteiger charge is 1.97. The van der Waals surface area contributed by atoms with Gasteiger partial charge in [0.25, 0.3) is 0 Å². The second-order valence-corrected chi connectivity index (χ2v) is 3.71. The van der Waals surface area contributed by atoms with Gasteiger partial charge >= 0.3 is 0 Å². The zero-order valence-corrected chi connectivity index (χ0v) is 9.09. The predicted octanol–water partition coefficient (Wildman–Crippen LogP) is 3.96. The van der Waals surface area contributed by atoms with Crippen LogP contribution in [0.25, 0.3) is 10.4 Å². The maximum Gasteiger partial charge on any atom is 0.0550 e. The normalized spacial score (nSPS) is 9.38. The summed E-state index contributed by atoms with van der Waals surface area (Å²) in [4.78, 5) is 2.67. The van der Waals surface area contributed by atoms with E-state index in [0.29, 0.717) is 11.6 Å². The second-order valence-electron chi connectivity index (χ2n) is 2.45. The van der Waals surface area contributed by atoms with Gasteiger partial charge in [0.15, 0.2) is 0 Å². The summed E-state index contributed by atoms with van der Waals surface area (Å²) in [6.45, 7) is 0.467. The van der Waals surface area contributed by atoms with Gasteiger partial charge in [-0.3, -0.25) is 0 Å². The molecule has 0 atom stereocenters. The van der Waals surface area contributed by atoms with Crippen LogP contribution in [0.3, 0.4) is 0 Å². The number of hydrogen-bond acceptors (Lipinski definition) is 1. The van der Waals surface area contributed by atoms with Crippen molar-refractivity contribution in [3.63, 3.8) is 0 Å². The van der Waals surface area contributed by atoms with E-state index in [1.54, 1.807) is 0 Å². The Kier molecular flexibility index (Phi) is 4.09. The fourth-order valence-electron chi connectivity index (χ4n) is 0.919. The van der Waals surface area contributed by atoms with Gasteiger partial charge in [0.1, 0.15) is 0 Å². The Morgan fingerprint density at radius 3 is 2.92 bits per heavy atom. The largest absolute Gasteiger partial charge is 0.0936 e. The van der Waals surface area contributed by atoms with Crippen LogP contribution in [0.15, 0.2) is 27.8 Å². The van der Waals surface area contributed by atoms with E-state index >= 15 is 0 Å². The molecule has 1 aromatic rings. The second kappa shape index (κ2) is 5.12.